The summed E-state index contributed by atoms with van der Waals surface area (Å²) in [5.41, 5.74) is 0. The Kier molecular flexibility index (Phi) is 2.49. The predicted molar refractivity (Wildman–Crippen MR) is 46.0 cm³/mol. The largest absolute Gasteiger partial charge is 0.373 e. The molecule has 64 valence electrons. The van der Waals surface area contributed by atoms with E-state index in [9.17, 15) is 0 Å². The van der Waals surface area contributed by atoms with E-state index in [0.29, 0.717) is 17.0 Å². The lowest BCUT2D eigenvalue weighted by Gasteiger charge is -2.37. The van der Waals surface area contributed by atoms with Gasteiger partial charge in [0, 0.05) is 4.83 Å². The highest BCUT2D eigenvalue weighted by atomic mass is 79.9. The smallest absolute Gasteiger partial charge is 0.0848 e. The summed E-state index contributed by atoms with van der Waals surface area (Å²) in [7, 11) is 0. The monoisotopic (exact) mass is 220 g/mol. The van der Waals surface area contributed by atoms with Gasteiger partial charge in [0.15, 0.2) is 0 Å². The highest BCUT2D eigenvalue weighted by molar-refractivity contribution is 9.09. The molecule has 0 bridgehead atoms. The molecule has 3 atom stereocenters. The summed E-state index contributed by atoms with van der Waals surface area (Å²) in [5, 5.41) is 0. The van der Waals surface area contributed by atoms with Gasteiger partial charge in [0.1, 0.15) is 0 Å². The first-order valence-corrected chi connectivity index (χ1v) is 5.15. The van der Waals surface area contributed by atoms with Gasteiger partial charge < -0.3 is 9.47 Å². The minimum absolute atomic E-state index is 0.363. The predicted octanol–water partition coefficient (Wildman–Crippen LogP) is 1.72. The average Bonchev–Trinajstić information content (AvgIpc) is 2.04. The van der Waals surface area contributed by atoms with E-state index in [1.54, 1.807) is 0 Å². The van der Waals surface area contributed by atoms with Gasteiger partial charge in [-0.15, -0.1) is 0 Å². The molecule has 1 heterocycles. The Bertz CT molecular complexity index is 140. The van der Waals surface area contributed by atoms with E-state index in [2.05, 4.69) is 15.9 Å². The van der Waals surface area contributed by atoms with Crippen LogP contribution in [-0.4, -0.2) is 30.2 Å². The molecule has 2 fully saturated rings. The number of hydrogen-bond donors (Lipinski definition) is 0. The molecule has 0 aromatic carbocycles. The molecule has 0 spiro atoms. The van der Waals surface area contributed by atoms with Crippen molar-refractivity contribution in [1.29, 1.82) is 0 Å². The normalized spacial score (nSPS) is 45.0. The maximum Gasteiger partial charge on any atom is 0.0848 e. The summed E-state index contributed by atoms with van der Waals surface area (Å²) in [4.78, 5) is 0.644. The summed E-state index contributed by atoms with van der Waals surface area (Å²) in [6.45, 7) is 1.56. The molecule has 1 aliphatic carbocycles. The van der Waals surface area contributed by atoms with Crippen molar-refractivity contribution < 1.29 is 9.47 Å². The van der Waals surface area contributed by atoms with E-state index in [-0.39, 0.29) is 0 Å². The molecule has 2 rings (SSSR count). The van der Waals surface area contributed by atoms with Gasteiger partial charge in [0.05, 0.1) is 25.4 Å². The maximum atomic E-state index is 5.60. The van der Waals surface area contributed by atoms with Gasteiger partial charge in [-0.05, 0) is 19.3 Å². The fourth-order valence-electron chi connectivity index (χ4n) is 1.82. The van der Waals surface area contributed by atoms with Crippen molar-refractivity contribution in [2.75, 3.05) is 13.2 Å². The van der Waals surface area contributed by atoms with Crippen molar-refractivity contribution >= 4 is 15.9 Å². The lowest BCUT2D eigenvalue weighted by molar-refractivity contribution is -0.152. The first-order chi connectivity index (χ1) is 5.36. The van der Waals surface area contributed by atoms with Gasteiger partial charge in [-0.25, -0.2) is 0 Å². The molecule has 0 radical (unpaired) electrons. The van der Waals surface area contributed by atoms with Crippen molar-refractivity contribution in [3.05, 3.63) is 0 Å². The zero-order chi connectivity index (χ0) is 7.68. The summed E-state index contributed by atoms with van der Waals surface area (Å²) < 4.78 is 11.2. The molecule has 0 amide bonds. The third-order valence-electron chi connectivity index (χ3n) is 2.41. The Morgan fingerprint density at radius 2 is 1.73 bits per heavy atom. The van der Waals surface area contributed by atoms with Crippen molar-refractivity contribution in [3.8, 4) is 0 Å². The first-order valence-electron chi connectivity index (χ1n) is 4.23. The van der Waals surface area contributed by atoms with Crippen molar-refractivity contribution in [1.82, 2.24) is 0 Å². The lowest BCUT2D eigenvalue weighted by Crippen LogP contribution is -2.43. The van der Waals surface area contributed by atoms with Crippen LogP contribution in [0.1, 0.15) is 19.3 Å². The fraction of sp³-hybridized carbons (Fsp3) is 1.00. The van der Waals surface area contributed by atoms with Crippen molar-refractivity contribution in [2.45, 2.75) is 36.3 Å². The van der Waals surface area contributed by atoms with E-state index in [1.165, 1.54) is 6.42 Å². The lowest BCUT2D eigenvalue weighted by atomic mass is 9.94. The molecule has 0 aromatic rings. The molecule has 0 aromatic heterocycles. The third kappa shape index (κ3) is 1.76. The van der Waals surface area contributed by atoms with Gasteiger partial charge in [0.25, 0.3) is 0 Å². The number of ether oxygens (including phenoxy) is 2. The van der Waals surface area contributed by atoms with Gasteiger partial charge in [-0.1, -0.05) is 15.9 Å². The Morgan fingerprint density at radius 3 is 2.55 bits per heavy atom. The number of rotatable bonds is 0. The van der Waals surface area contributed by atoms with Crippen LogP contribution in [0.5, 0.6) is 0 Å². The highest BCUT2D eigenvalue weighted by Crippen LogP contribution is 2.30. The first kappa shape index (κ1) is 8.02. The Hall–Kier alpha value is 0.400. The topological polar surface area (TPSA) is 18.5 Å². The molecule has 1 saturated carbocycles. The second-order valence-electron chi connectivity index (χ2n) is 3.23. The molecule has 1 aliphatic heterocycles. The summed E-state index contributed by atoms with van der Waals surface area (Å²) in [6, 6.07) is 0. The number of alkyl halides is 1. The standard InChI is InChI=1S/C8H13BrO2/c9-6-1-2-7-8(5-6)11-4-3-10-7/h6-8H,1-5H2. The molecule has 2 aliphatic rings. The maximum absolute atomic E-state index is 5.60. The Labute approximate surface area is 75.4 Å². The molecular formula is C8H13BrO2. The molecule has 0 N–H and O–H groups in total. The quantitative estimate of drug-likeness (QED) is 0.580. The van der Waals surface area contributed by atoms with Gasteiger partial charge in [-0.3, -0.25) is 0 Å². The molecule has 11 heavy (non-hydrogen) atoms. The van der Waals surface area contributed by atoms with Gasteiger partial charge in [-0.2, -0.15) is 0 Å². The zero-order valence-corrected chi connectivity index (χ0v) is 8.05. The van der Waals surface area contributed by atoms with E-state index in [4.69, 9.17) is 9.47 Å². The zero-order valence-electron chi connectivity index (χ0n) is 6.46. The van der Waals surface area contributed by atoms with E-state index in [0.717, 1.165) is 26.1 Å². The van der Waals surface area contributed by atoms with E-state index in [1.807, 2.05) is 0 Å². The van der Waals surface area contributed by atoms with Crippen LogP contribution in [0.15, 0.2) is 0 Å². The number of fused-ring (bicyclic) bond motifs is 1. The van der Waals surface area contributed by atoms with Crippen molar-refractivity contribution in [3.63, 3.8) is 0 Å². The fourth-order valence-corrected chi connectivity index (χ4v) is 2.45. The highest BCUT2D eigenvalue weighted by Gasteiger charge is 2.32. The van der Waals surface area contributed by atoms with Gasteiger partial charge in [0.2, 0.25) is 0 Å². The van der Waals surface area contributed by atoms with E-state index < -0.39 is 0 Å². The van der Waals surface area contributed by atoms with E-state index >= 15 is 0 Å². The molecule has 1 saturated heterocycles. The van der Waals surface area contributed by atoms with Crippen LogP contribution >= 0.6 is 15.9 Å². The summed E-state index contributed by atoms with van der Waals surface area (Å²) in [5.74, 6) is 0. The summed E-state index contributed by atoms with van der Waals surface area (Å²) >= 11 is 3.61. The Balaban J connectivity index is 1.93. The van der Waals surface area contributed by atoms with Crippen molar-refractivity contribution in [2.24, 2.45) is 0 Å². The molecular weight excluding hydrogens is 208 g/mol. The van der Waals surface area contributed by atoms with Crippen LogP contribution in [0, 0.1) is 0 Å². The van der Waals surface area contributed by atoms with Gasteiger partial charge >= 0.3 is 0 Å². The molecule has 2 nitrogen and oxygen atoms in total. The molecule has 3 heteroatoms. The minimum Gasteiger partial charge on any atom is -0.373 e. The number of hydrogen-bond acceptors (Lipinski definition) is 2. The van der Waals surface area contributed by atoms with Crippen LogP contribution in [0.2, 0.25) is 0 Å². The second-order valence-corrected chi connectivity index (χ2v) is 4.52. The van der Waals surface area contributed by atoms with Crippen LogP contribution < -0.4 is 0 Å². The van der Waals surface area contributed by atoms with Crippen LogP contribution in [0.4, 0.5) is 0 Å². The third-order valence-corrected chi connectivity index (χ3v) is 3.25. The van der Waals surface area contributed by atoms with Crippen LogP contribution in [0.3, 0.4) is 0 Å². The van der Waals surface area contributed by atoms with Crippen LogP contribution in [0.25, 0.3) is 0 Å². The average molecular weight is 221 g/mol. The summed E-state index contributed by atoms with van der Waals surface area (Å²) in [6.07, 6.45) is 4.25. The minimum atomic E-state index is 0.363. The SMILES string of the molecule is BrC1CCC2OCCOC2C1. The number of halogens is 1. The molecule has 3 unspecified atom stereocenters. The second kappa shape index (κ2) is 3.42. The Morgan fingerprint density at radius 1 is 1.00 bits per heavy atom. The van der Waals surface area contributed by atoms with Crippen LogP contribution in [-0.2, 0) is 9.47 Å².